The lowest BCUT2D eigenvalue weighted by Gasteiger charge is -2.02. The van der Waals surface area contributed by atoms with Crippen molar-refractivity contribution in [3.05, 3.63) is 41.2 Å². The van der Waals surface area contributed by atoms with E-state index in [1.165, 1.54) is 31.4 Å². The summed E-state index contributed by atoms with van der Waals surface area (Å²) in [5, 5.41) is 8.84. The molecule has 0 aromatic heterocycles. The van der Waals surface area contributed by atoms with Crippen molar-refractivity contribution in [1.82, 2.24) is 0 Å². The van der Waals surface area contributed by atoms with Crippen LogP contribution < -0.4 is 0 Å². The van der Waals surface area contributed by atoms with Gasteiger partial charge in [0.1, 0.15) is 24.1 Å². The number of ether oxygens (including phenoxy) is 2. The van der Waals surface area contributed by atoms with E-state index in [1.807, 2.05) is 0 Å². The predicted octanol–water partition coefficient (Wildman–Crippen LogP) is 1.92. The summed E-state index contributed by atoms with van der Waals surface area (Å²) < 4.78 is 22.4. The summed E-state index contributed by atoms with van der Waals surface area (Å²) in [6.07, 6.45) is 1.28. The van der Waals surface area contributed by atoms with Crippen molar-refractivity contribution in [2.45, 2.75) is 0 Å². The molecule has 0 atom stereocenters. The van der Waals surface area contributed by atoms with Crippen molar-refractivity contribution in [3.8, 4) is 6.07 Å². The van der Waals surface area contributed by atoms with Crippen LogP contribution in [0.2, 0.25) is 0 Å². The summed E-state index contributed by atoms with van der Waals surface area (Å²) in [7, 11) is 1.47. The fourth-order valence-electron chi connectivity index (χ4n) is 1.20. The van der Waals surface area contributed by atoms with Gasteiger partial charge < -0.3 is 9.47 Å². The molecule has 0 aliphatic carbocycles. The molecule has 0 N–H and O–H groups in total. The third-order valence-corrected chi connectivity index (χ3v) is 2.02. The number of nitriles is 1. The van der Waals surface area contributed by atoms with E-state index in [1.54, 1.807) is 12.1 Å². The quantitative estimate of drug-likeness (QED) is 0.346. The number of hydrogen-bond acceptors (Lipinski definition) is 4. The van der Waals surface area contributed by atoms with Gasteiger partial charge in [0.05, 0.1) is 6.61 Å². The molecule has 1 rings (SSSR count). The van der Waals surface area contributed by atoms with E-state index in [0.717, 1.165) is 0 Å². The second kappa shape index (κ2) is 7.20. The molecule has 0 spiro atoms. The number of carbonyl (C=O) groups excluding carboxylic acids is 1. The predicted molar refractivity (Wildman–Crippen MR) is 62.8 cm³/mol. The molecule has 0 aliphatic rings. The SMILES string of the molecule is COCCOC(=O)C(C#N)=Cc1cccc(F)c1. The zero-order valence-corrected chi connectivity index (χ0v) is 9.85. The van der Waals surface area contributed by atoms with Crippen molar-refractivity contribution in [1.29, 1.82) is 5.26 Å². The van der Waals surface area contributed by atoms with E-state index in [-0.39, 0.29) is 18.8 Å². The number of rotatable bonds is 5. The fourth-order valence-corrected chi connectivity index (χ4v) is 1.20. The number of hydrogen-bond donors (Lipinski definition) is 0. The first-order chi connectivity index (χ1) is 8.67. The Balaban J connectivity index is 2.77. The highest BCUT2D eigenvalue weighted by atomic mass is 19.1. The minimum absolute atomic E-state index is 0.0670. The molecule has 0 fully saturated rings. The molecule has 0 aliphatic heterocycles. The van der Waals surface area contributed by atoms with Gasteiger partial charge in [-0.25, -0.2) is 9.18 Å². The molecule has 18 heavy (non-hydrogen) atoms. The lowest BCUT2D eigenvalue weighted by Crippen LogP contribution is -2.11. The minimum Gasteiger partial charge on any atom is -0.459 e. The van der Waals surface area contributed by atoms with E-state index in [4.69, 9.17) is 14.7 Å². The molecule has 94 valence electrons. The summed E-state index contributed by atoms with van der Waals surface area (Å²) in [4.78, 5) is 11.5. The summed E-state index contributed by atoms with van der Waals surface area (Å²) in [5.74, 6) is -1.19. The molecular weight excluding hydrogens is 237 g/mol. The zero-order chi connectivity index (χ0) is 13.4. The molecule has 0 amide bonds. The smallest absolute Gasteiger partial charge is 0.348 e. The van der Waals surface area contributed by atoms with Crippen LogP contribution in [0.5, 0.6) is 0 Å². The Morgan fingerprint density at radius 3 is 2.89 bits per heavy atom. The number of carbonyl (C=O) groups is 1. The van der Waals surface area contributed by atoms with E-state index in [0.29, 0.717) is 5.56 Å². The van der Waals surface area contributed by atoms with E-state index in [9.17, 15) is 9.18 Å². The summed E-state index contributed by atoms with van der Waals surface area (Å²) in [6.45, 7) is 0.321. The molecule has 0 heterocycles. The maximum absolute atomic E-state index is 12.9. The van der Waals surface area contributed by atoms with E-state index < -0.39 is 11.8 Å². The van der Waals surface area contributed by atoms with Crippen molar-refractivity contribution in [2.75, 3.05) is 20.3 Å². The molecule has 0 saturated heterocycles. The van der Waals surface area contributed by atoms with Crippen LogP contribution in [-0.2, 0) is 14.3 Å². The average molecular weight is 249 g/mol. The number of nitrogens with zero attached hydrogens (tertiary/aromatic N) is 1. The monoisotopic (exact) mass is 249 g/mol. The van der Waals surface area contributed by atoms with Crippen LogP contribution in [0.3, 0.4) is 0 Å². The Labute approximate surface area is 104 Å². The number of methoxy groups -OCH3 is 1. The van der Waals surface area contributed by atoms with Gasteiger partial charge in [0.15, 0.2) is 0 Å². The Morgan fingerprint density at radius 2 is 2.28 bits per heavy atom. The normalized spacial score (nSPS) is 10.8. The Bertz CT molecular complexity index is 491. The van der Waals surface area contributed by atoms with Crippen LogP contribution in [0.4, 0.5) is 4.39 Å². The van der Waals surface area contributed by atoms with Crippen LogP contribution in [-0.4, -0.2) is 26.3 Å². The second-order valence-corrected chi connectivity index (χ2v) is 3.35. The summed E-state index contributed by atoms with van der Waals surface area (Å²) >= 11 is 0. The van der Waals surface area contributed by atoms with Gasteiger partial charge in [0.2, 0.25) is 0 Å². The number of benzene rings is 1. The largest absolute Gasteiger partial charge is 0.459 e. The summed E-state index contributed by atoms with van der Waals surface area (Å²) in [5.41, 5.74) is 0.243. The lowest BCUT2D eigenvalue weighted by molar-refractivity contribution is -0.139. The molecule has 0 bridgehead atoms. The number of halogens is 1. The Kier molecular flexibility index (Phi) is 5.55. The first kappa shape index (κ1) is 13.9. The molecule has 1 aromatic carbocycles. The molecule has 5 heteroatoms. The molecule has 0 unspecified atom stereocenters. The fraction of sp³-hybridized carbons (Fsp3) is 0.231. The third-order valence-electron chi connectivity index (χ3n) is 2.02. The zero-order valence-electron chi connectivity index (χ0n) is 9.85. The van der Waals surface area contributed by atoms with Gasteiger partial charge in [0.25, 0.3) is 0 Å². The third kappa shape index (κ3) is 4.36. The van der Waals surface area contributed by atoms with Crippen molar-refractivity contribution < 1.29 is 18.7 Å². The van der Waals surface area contributed by atoms with Crippen molar-refractivity contribution >= 4 is 12.0 Å². The highest BCUT2D eigenvalue weighted by Crippen LogP contribution is 2.09. The molecule has 1 aromatic rings. The Morgan fingerprint density at radius 1 is 1.50 bits per heavy atom. The van der Waals surface area contributed by atoms with Crippen LogP contribution in [0.1, 0.15) is 5.56 Å². The summed E-state index contributed by atoms with van der Waals surface area (Å²) in [6, 6.07) is 7.30. The van der Waals surface area contributed by atoms with E-state index in [2.05, 4.69) is 0 Å². The van der Waals surface area contributed by atoms with E-state index >= 15 is 0 Å². The maximum atomic E-state index is 12.9. The van der Waals surface area contributed by atoms with Crippen molar-refractivity contribution in [2.24, 2.45) is 0 Å². The van der Waals surface area contributed by atoms with Crippen molar-refractivity contribution in [3.63, 3.8) is 0 Å². The van der Waals surface area contributed by atoms with Gasteiger partial charge in [-0.05, 0) is 23.8 Å². The van der Waals surface area contributed by atoms with Crippen LogP contribution in [0.15, 0.2) is 29.8 Å². The van der Waals surface area contributed by atoms with Gasteiger partial charge in [-0.1, -0.05) is 12.1 Å². The van der Waals surface area contributed by atoms with Gasteiger partial charge in [-0.3, -0.25) is 0 Å². The van der Waals surface area contributed by atoms with Crippen LogP contribution in [0, 0.1) is 17.1 Å². The topological polar surface area (TPSA) is 59.3 Å². The standard InChI is InChI=1S/C13H12FNO3/c1-17-5-6-18-13(16)11(9-15)7-10-3-2-4-12(14)8-10/h2-4,7-8H,5-6H2,1H3. The molecule has 0 saturated carbocycles. The van der Waals surface area contributed by atoms with Gasteiger partial charge in [-0.15, -0.1) is 0 Å². The van der Waals surface area contributed by atoms with Gasteiger partial charge in [0, 0.05) is 7.11 Å². The van der Waals surface area contributed by atoms with Crippen LogP contribution >= 0.6 is 0 Å². The average Bonchev–Trinajstić information content (AvgIpc) is 2.36. The Hall–Kier alpha value is -2.19. The lowest BCUT2D eigenvalue weighted by atomic mass is 10.1. The van der Waals surface area contributed by atoms with Gasteiger partial charge >= 0.3 is 5.97 Å². The van der Waals surface area contributed by atoms with Crippen LogP contribution in [0.25, 0.3) is 6.08 Å². The first-order valence-corrected chi connectivity index (χ1v) is 5.21. The molecular formula is C13H12FNO3. The minimum atomic E-state index is -0.751. The highest BCUT2D eigenvalue weighted by molar-refractivity contribution is 5.97. The number of esters is 1. The maximum Gasteiger partial charge on any atom is 0.348 e. The molecule has 0 radical (unpaired) electrons. The molecule has 4 nitrogen and oxygen atoms in total. The van der Waals surface area contributed by atoms with Gasteiger partial charge in [-0.2, -0.15) is 5.26 Å². The second-order valence-electron chi connectivity index (χ2n) is 3.35. The highest BCUT2D eigenvalue weighted by Gasteiger charge is 2.10. The first-order valence-electron chi connectivity index (χ1n) is 5.21.